The summed E-state index contributed by atoms with van der Waals surface area (Å²) in [4.78, 5) is 0. The molecule has 2 rings (SSSR count). The van der Waals surface area contributed by atoms with Crippen molar-refractivity contribution in [3.8, 4) is 11.5 Å². The van der Waals surface area contributed by atoms with Crippen molar-refractivity contribution in [2.24, 2.45) is 5.73 Å². The van der Waals surface area contributed by atoms with Gasteiger partial charge >= 0.3 is 0 Å². The highest BCUT2D eigenvalue weighted by atomic mass is 79.9. The number of ether oxygens (including phenoxy) is 2. The molecule has 1 aromatic carbocycles. The third-order valence-electron chi connectivity index (χ3n) is 3.30. The zero-order valence-corrected chi connectivity index (χ0v) is 11.1. The summed E-state index contributed by atoms with van der Waals surface area (Å²) in [5.41, 5.74) is 7.15. The molecule has 1 saturated carbocycles. The molecule has 1 aliphatic carbocycles. The molecule has 2 N–H and O–H groups in total. The van der Waals surface area contributed by atoms with E-state index in [0.717, 1.165) is 28.8 Å². The van der Waals surface area contributed by atoms with Gasteiger partial charge in [0.1, 0.15) is 16.0 Å². The zero-order chi connectivity index (χ0) is 11.8. The molecule has 0 saturated heterocycles. The summed E-state index contributed by atoms with van der Waals surface area (Å²) in [6.07, 6.45) is 2.28. The molecule has 0 aliphatic heterocycles. The Morgan fingerprint density at radius 1 is 1.31 bits per heavy atom. The van der Waals surface area contributed by atoms with E-state index in [9.17, 15) is 0 Å². The summed E-state index contributed by atoms with van der Waals surface area (Å²) >= 11 is 3.51. The van der Waals surface area contributed by atoms with Gasteiger partial charge in [-0.15, -0.1) is 0 Å². The molecule has 0 spiro atoms. The highest BCUT2D eigenvalue weighted by Crippen LogP contribution is 2.53. The van der Waals surface area contributed by atoms with Crippen LogP contribution >= 0.6 is 15.9 Å². The third kappa shape index (κ3) is 1.70. The van der Waals surface area contributed by atoms with Gasteiger partial charge in [0.15, 0.2) is 0 Å². The van der Waals surface area contributed by atoms with Crippen LogP contribution in [0.15, 0.2) is 16.6 Å². The Bertz CT molecular complexity index is 402. The van der Waals surface area contributed by atoms with Crippen molar-refractivity contribution in [3.63, 3.8) is 0 Å². The molecule has 0 atom stereocenters. The van der Waals surface area contributed by atoms with E-state index in [2.05, 4.69) is 22.0 Å². The summed E-state index contributed by atoms with van der Waals surface area (Å²) in [7, 11) is 3.32. The standard InChI is InChI=1S/C12H16BrNO2/c1-15-9-4-3-8(11(16-2)10(9)13)12(7-14)5-6-12/h3-4H,5-7,14H2,1-2H3. The van der Waals surface area contributed by atoms with E-state index in [1.807, 2.05) is 6.07 Å². The van der Waals surface area contributed by atoms with E-state index in [4.69, 9.17) is 15.2 Å². The van der Waals surface area contributed by atoms with E-state index < -0.39 is 0 Å². The molecule has 0 bridgehead atoms. The zero-order valence-electron chi connectivity index (χ0n) is 9.55. The highest BCUT2D eigenvalue weighted by Gasteiger charge is 2.45. The van der Waals surface area contributed by atoms with Gasteiger partial charge in [-0.25, -0.2) is 0 Å². The Kier molecular flexibility index (Phi) is 3.13. The third-order valence-corrected chi connectivity index (χ3v) is 4.05. The van der Waals surface area contributed by atoms with Crippen LogP contribution in [0.3, 0.4) is 0 Å². The summed E-state index contributed by atoms with van der Waals surface area (Å²) < 4.78 is 11.6. The molecule has 1 aromatic rings. The predicted octanol–water partition coefficient (Wildman–Crippen LogP) is 2.46. The molecule has 1 fully saturated rings. The van der Waals surface area contributed by atoms with Crippen molar-refractivity contribution in [1.29, 1.82) is 0 Å². The van der Waals surface area contributed by atoms with E-state index in [1.165, 1.54) is 5.56 Å². The SMILES string of the molecule is COc1ccc(C2(CN)CC2)c(OC)c1Br. The monoisotopic (exact) mass is 285 g/mol. The fourth-order valence-electron chi connectivity index (χ4n) is 2.05. The van der Waals surface area contributed by atoms with E-state index in [1.54, 1.807) is 14.2 Å². The lowest BCUT2D eigenvalue weighted by Gasteiger charge is -2.19. The molecule has 0 unspecified atom stereocenters. The maximum Gasteiger partial charge on any atom is 0.140 e. The average Bonchev–Trinajstić information content (AvgIpc) is 3.09. The minimum absolute atomic E-state index is 0.125. The molecule has 16 heavy (non-hydrogen) atoms. The molecule has 0 heterocycles. The van der Waals surface area contributed by atoms with Crippen LogP contribution in [0.5, 0.6) is 11.5 Å². The second kappa shape index (κ2) is 4.26. The van der Waals surface area contributed by atoms with Crippen molar-refractivity contribution in [1.82, 2.24) is 0 Å². The Hall–Kier alpha value is -0.740. The number of methoxy groups -OCH3 is 2. The van der Waals surface area contributed by atoms with Gasteiger partial charge < -0.3 is 15.2 Å². The Morgan fingerprint density at radius 2 is 2.00 bits per heavy atom. The number of benzene rings is 1. The van der Waals surface area contributed by atoms with Gasteiger partial charge in [0.2, 0.25) is 0 Å². The van der Waals surface area contributed by atoms with Gasteiger partial charge in [-0.1, -0.05) is 6.07 Å². The van der Waals surface area contributed by atoms with E-state index in [-0.39, 0.29) is 5.41 Å². The van der Waals surface area contributed by atoms with E-state index in [0.29, 0.717) is 6.54 Å². The van der Waals surface area contributed by atoms with Crippen molar-refractivity contribution < 1.29 is 9.47 Å². The lowest BCUT2D eigenvalue weighted by Crippen LogP contribution is -2.20. The molecule has 1 aliphatic rings. The maximum atomic E-state index is 5.84. The largest absolute Gasteiger partial charge is 0.495 e. The first-order chi connectivity index (χ1) is 7.68. The Morgan fingerprint density at radius 3 is 2.44 bits per heavy atom. The normalized spacial score (nSPS) is 17.0. The first kappa shape index (κ1) is 11.7. The molecule has 3 nitrogen and oxygen atoms in total. The van der Waals surface area contributed by atoms with Crippen molar-refractivity contribution in [2.45, 2.75) is 18.3 Å². The van der Waals surface area contributed by atoms with Crippen LogP contribution in [0.25, 0.3) is 0 Å². The summed E-state index contributed by atoms with van der Waals surface area (Å²) in [6, 6.07) is 4.01. The molecule has 0 radical (unpaired) electrons. The first-order valence-corrected chi connectivity index (χ1v) is 6.09. The van der Waals surface area contributed by atoms with Crippen molar-refractivity contribution in [2.75, 3.05) is 20.8 Å². The average molecular weight is 286 g/mol. The Balaban J connectivity index is 2.50. The molecular weight excluding hydrogens is 270 g/mol. The topological polar surface area (TPSA) is 44.5 Å². The number of rotatable bonds is 4. The van der Waals surface area contributed by atoms with Crippen LogP contribution in [0.4, 0.5) is 0 Å². The number of hydrogen-bond acceptors (Lipinski definition) is 3. The van der Waals surface area contributed by atoms with E-state index >= 15 is 0 Å². The van der Waals surface area contributed by atoms with Crippen LogP contribution in [0.1, 0.15) is 18.4 Å². The lowest BCUT2D eigenvalue weighted by molar-refractivity contribution is 0.382. The van der Waals surface area contributed by atoms with Crippen LogP contribution in [-0.4, -0.2) is 20.8 Å². The highest BCUT2D eigenvalue weighted by molar-refractivity contribution is 9.10. The second-order valence-electron chi connectivity index (χ2n) is 4.15. The van der Waals surface area contributed by atoms with Gasteiger partial charge in [-0.05, 0) is 34.8 Å². The minimum Gasteiger partial charge on any atom is -0.495 e. The van der Waals surface area contributed by atoms with Crippen LogP contribution in [0, 0.1) is 0 Å². The van der Waals surface area contributed by atoms with Crippen molar-refractivity contribution >= 4 is 15.9 Å². The van der Waals surface area contributed by atoms with Gasteiger partial charge in [0.05, 0.1) is 14.2 Å². The summed E-state index contributed by atoms with van der Waals surface area (Å²) in [6.45, 7) is 0.669. The molecule has 0 aromatic heterocycles. The second-order valence-corrected chi connectivity index (χ2v) is 4.94. The smallest absolute Gasteiger partial charge is 0.140 e. The fraction of sp³-hybridized carbons (Fsp3) is 0.500. The fourth-order valence-corrected chi connectivity index (χ4v) is 2.72. The number of hydrogen-bond donors (Lipinski definition) is 1. The van der Waals surface area contributed by atoms with Crippen LogP contribution in [-0.2, 0) is 5.41 Å². The van der Waals surface area contributed by atoms with Crippen molar-refractivity contribution in [3.05, 3.63) is 22.2 Å². The van der Waals surface area contributed by atoms with Gasteiger partial charge in [0.25, 0.3) is 0 Å². The molecule has 0 amide bonds. The molecular formula is C12H16BrNO2. The lowest BCUT2D eigenvalue weighted by atomic mass is 9.95. The van der Waals surface area contributed by atoms with Gasteiger partial charge in [-0.2, -0.15) is 0 Å². The molecule has 4 heteroatoms. The van der Waals surface area contributed by atoms with Gasteiger partial charge in [0, 0.05) is 17.5 Å². The predicted molar refractivity (Wildman–Crippen MR) is 67.2 cm³/mol. The Labute approximate surface area is 104 Å². The van der Waals surface area contributed by atoms with Gasteiger partial charge in [-0.3, -0.25) is 0 Å². The molecule has 88 valence electrons. The number of halogens is 1. The maximum absolute atomic E-state index is 5.84. The van der Waals surface area contributed by atoms with Crippen LogP contribution in [0.2, 0.25) is 0 Å². The summed E-state index contributed by atoms with van der Waals surface area (Å²) in [5, 5.41) is 0. The number of nitrogens with two attached hydrogens (primary N) is 1. The van der Waals surface area contributed by atoms with Crippen LogP contribution < -0.4 is 15.2 Å². The first-order valence-electron chi connectivity index (χ1n) is 5.29. The summed E-state index contributed by atoms with van der Waals surface area (Å²) in [5.74, 6) is 1.63. The minimum atomic E-state index is 0.125. The quantitative estimate of drug-likeness (QED) is 0.924.